The molecule has 4 rings (SSSR count). The zero-order chi connectivity index (χ0) is 20.1. The molecule has 2 heterocycles. The number of hydrogen-bond acceptors (Lipinski definition) is 6. The van der Waals surface area contributed by atoms with E-state index in [1.165, 1.54) is 17.4 Å². The van der Waals surface area contributed by atoms with Crippen LogP contribution in [0, 0.1) is 6.92 Å². The van der Waals surface area contributed by atoms with Crippen LogP contribution in [0.5, 0.6) is 0 Å². The van der Waals surface area contributed by atoms with Crippen molar-refractivity contribution in [2.75, 3.05) is 4.72 Å². The van der Waals surface area contributed by atoms with E-state index in [9.17, 15) is 21.6 Å². The lowest BCUT2D eigenvalue weighted by molar-refractivity contribution is -0.137. The van der Waals surface area contributed by atoms with Gasteiger partial charge in [-0.05, 0) is 50.1 Å². The molecule has 0 atom stereocenters. The second-order valence-corrected chi connectivity index (χ2v) is 9.35. The first-order valence-corrected chi connectivity index (χ1v) is 10.6. The number of aromatic nitrogens is 2. The number of alkyl halides is 3. The molecule has 0 bridgehead atoms. The first-order chi connectivity index (χ1) is 13.1. The minimum absolute atomic E-state index is 0.0187. The van der Waals surface area contributed by atoms with Crippen LogP contribution in [0.15, 0.2) is 39.8 Å². The second-order valence-electron chi connectivity index (χ2n) is 6.44. The average molecular weight is 429 g/mol. The lowest BCUT2D eigenvalue weighted by atomic mass is 10.2. The van der Waals surface area contributed by atoms with E-state index < -0.39 is 21.8 Å². The van der Waals surface area contributed by atoms with E-state index in [2.05, 4.69) is 14.9 Å². The molecule has 28 heavy (non-hydrogen) atoms. The molecule has 1 aliphatic rings. The highest BCUT2D eigenvalue weighted by Crippen LogP contribution is 2.40. The largest absolute Gasteiger partial charge is 0.416 e. The topological polar surface area (TPSA) is 85.1 Å². The van der Waals surface area contributed by atoms with E-state index in [4.69, 9.17) is 4.52 Å². The van der Waals surface area contributed by atoms with Gasteiger partial charge in [-0.15, -0.1) is 11.3 Å². The number of thiophene rings is 1. The Labute approximate surface area is 162 Å². The molecule has 1 saturated carbocycles. The molecule has 11 heteroatoms. The molecule has 0 spiro atoms. The van der Waals surface area contributed by atoms with Gasteiger partial charge in [-0.25, -0.2) is 8.42 Å². The number of aryl methyl sites for hydroxylation is 1. The highest BCUT2D eigenvalue weighted by atomic mass is 32.2. The number of sulfonamides is 1. The van der Waals surface area contributed by atoms with Crippen LogP contribution in [0.2, 0.25) is 0 Å². The van der Waals surface area contributed by atoms with Crippen LogP contribution in [0.3, 0.4) is 0 Å². The van der Waals surface area contributed by atoms with Crippen molar-refractivity contribution in [2.45, 2.75) is 36.8 Å². The second kappa shape index (κ2) is 6.59. The van der Waals surface area contributed by atoms with Crippen molar-refractivity contribution >= 4 is 27.0 Å². The third kappa shape index (κ3) is 3.76. The Hall–Kier alpha value is -2.40. The normalized spacial score (nSPS) is 15.0. The van der Waals surface area contributed by atoms with Crippen LogP contribution < -0.4 is 4.72 Å². The van der Waals surface area contributed by atoms with Gasteiger partial charge in [0.05, 0.1) is 10.4 Å². The number of benzene rings is 1. The fourth-order valence-corrected chi connectivity index (χ4v) is 5.19. The van der Waals surface area contributed by atoms with Crippen molar-refractivity contribution in [3.8, 4) is 10.7 Å². The predicted molar refractivity (Wildman–Crippen MR) is 96.6 cm³/mol. The van der Waals surface area contributed by atoms with E-state index in [-0.39, 0.29) is 16.5 Å². The highest BCUT2D eigenvalue weighted by molar-refractivity contribution is 7.93. The van der Waals surface area contributed by atoms with Crippen molar-refractivity contribution < 1.29 is 26.1 Å². The molecular formula is C17H14F3N3O3S2. The van der Waals surface area contributed by atoms with Gasteiger partial charge in [0, 0.05) is 16.5 Å². The molecule has 1 fully saturated rings. The fourth-order valence-electron chi connectivity index (χ4n) is 2.61. The summed E-state index contributed by atoms with van der Waals surface area (Å²) < 4.78 is 70.8. The molecule has 6 nitrogen and oxygen atoms in total. The summed E-state index contributed by atoms with van der Waals surface area (Å²) in [5, 5.41) is 3.90. The van der Waals surface area contributed by atoms with Gasteiger partial charge in [-0.2, -0.15) is 18.2 Å². The molecule has 148 valence electrons. The molecule has 1 N–H and O–H groups in total. The van der Waals surface area contributed by atoms with Gasteiger partial charge in [0.25, 0.3) is 10.0 Å². The third-order valence-corrected chi connectivity index (χ3v) is 6.90. The average Bonchev–Trinajstić information content (AvgIpc) is 3.20. The van der Waals surface area contributed by atoms with E-state index in [0.717, 1.165) is 37.1 Å². The molecule has 0 radical (unpaired) electrons. The van der Waals surface area contributed by atoms with E-state index >= 15 is 0 Å². The van der Waals surface area contributed by atoms with Gasteiger partial charge in [-0.1, -0.05) is 5.16 Å². The molecular weight excluding hydrogens is 415 g/mol. The Morgan fingerprint density at radius 3 is 2.50 bits per heavy atom. The molecule has 0 aliphatic heterocycles. The van der Waals surface area contributed by atoms with E-state index in [1.54, 1.807) is 6.92 Å². The molecule has 3 aromatic rings. The van der Waals surface area contributed by atoms with Gasteiger partial charge in [0.1, 0.15) is 4.90 Å². The summed E-state index contributed by atoms with van der Waals surface area (Å²) in [5.74, 6) is 1.16. The first kappa shape index (κ1) is 18.9. The molecule has 0 amide bonds. The molecule has 0 saturated heterocycles. The molecule has 1 aromatic carbocycles. The number of nitrogens with zero attached hydrogens (tertiary/aromatic N) is 2. The smallest absolute Gasteiger partial charge is 0.339 e. The Morgan fingerprint density at radius 1 is 1.21 bits per heavy atom. The lowest BCUT2D eigenvalue weighted by Crippen LogP contribution is -2.13. The van der Waals surface area contributed by atoms with Gasteiger partial charge in [0.15, 0.2) is 0 Å². The minimum Gasteiger partial charge on any atom is -0.339 e. The fraction of sp³-hybridized carbons (Fsp3) is 0.294. The number of rotatable bonds is 5. The number of hydrogen-bond donors (Lipinski definition) is 1. The monoisotopic (exact) mass is 429 g/mol. The number of nitrogens with one attached hydrogen (secondary N) is 1. The summed E-state index contributed by atoms with van der Waals surface area (Å²) in [6.07, 6.45) is -2.48. The zero-order valence-electron chi connectivity index (χ0n) is 14.4. The van der Waals surface area contributed by atoms with Crippen molar-refractivity contribution in [1.29, 1.82) is 0 Å². The van der Waals surface area contributed by atoms with Crippen molar-refractivity contribution in [3.05, 3.63) is 46.7 Å². The molecule has 0 unspecified atom stereocenters. The van der Waals surface area contributed by atoms with Crippen molar-refractivity contribution in [1.82, 2.24) is 10.1 Å². The van der Waals surface area contributed by atoms with Crippen LogP contribution in [0.4, 0.5) is 18.9 Å². The van der Waals surface area contributed by atoms with Crippen LogP contribution in [0.25, 0.3) is 10.7 Å². The minimum atomic E-state index is -4.49. The highest BCUT2D eigenvalue weighted by Gasteiger charge is 2.31. The SMILES string of the molecule is Cc1sc(-c2noc(C3CC3)n2)cc1S(=O)(=O)Nc1ccc(C(F)(F)F)cc1. The Kier molecular flexibility index (Phi) is 4.46. The van der Waals surface area contributed by atoms with Crippen LogP contribution in [-0.4, -0.2) is 18.6 Å². The first-order valence-electron chi connectivity index (χ1n) is 8.28. The Morgan fingerprint density at radius 2 is 1.89 bits per heavy atom. The van der Waals surface area contributed by atoms with Gasteiger partial charge < -0.3 is 4.52 Å². The summed E-state index contributed by atoms with van der Waals surface area (Å²) in [4.78, 5) is 5.37. The van der Waals surface area contributed by atoms with E-state index in [1.807, 2.05) is 0 Å². The zero-order valence-corrected chi connectivity index (χ0v) is 16.1. The van der Waals surface area contributed by atoms with Gasteiger partial charge >= 0.3 is 6.18 Å². The maximum absolute atomic E-state index is 12.7. The van der Waals surface area contributed by atoms with Crippen LogP contribution >= 0.6 is 11.3 Å². The predicted octanol–water partition coefficient (Wildman–Crippen LogP) is 4.80. The Balaban J connectivity index is 1.58. The van der Waals surface area contributed by atoms with Crippen LogP contribution in [-0.2, 0) is 16.2 Å². The summed E-state index contributed by atoms with van der Waals surface area (Å²) in [5.41, 5.74) is -0.816. The molecule has 2 aromatic heterocycles. The lowest BCUT2D eigenvalue weighted by Gasteiger charge is -2.10. The summed E-state index contributed by atoms with van der Waals surface area (Å²) in [6.45, 7) is 1.64. The maximum Gasteiger partial charge on any atom is 0.416 e. The quantitative estimate of drug-likeness (QED) is 0.630. The Bertz CT molecular complexity index is 1110. The number of anilines is 1. The standard InChI is InChI=1S/C17H14F3N3O3S2/c1-9-14(8-13(27-9)15-21-16(26-22-15)10-2-3-10)28(24,25)23-12-6-4-11(5-7-12)17(18,19)20/h4-8,10,23H,2-3H2,1H3. The van der Waals surface area contributed by atoms with E-state index in [0.29, 0.717) is 21.5 Å². The summed E-state index contributed by atoms with van der Waals surface area (Å²) >= 11 is 1.20. The van der Waals surface area contributed by atoms with Crippen molar-refractivity contribution in [2.24, 2.45) is 0 Å². The van der Waals surface area contributed by atoms with Crippen molar-refractivity contribution in [3.63, 3.8) is 0 Å². The van der Waals surface area contributed by atoms with Crippen LogP contribution in [0.1, 0.15) is 35.1 Å². The summed E-state index contributed by atoms with van der Waals surface area (Å²) in [6, 6.07) is 5.23. The molecule has 1 aliphatic carbocycles. The maximum atomic E-state index is 12.7. The van der Waals surface area contributed by atoms with Gasteiger partial charge in [0.2, 0.25) is 11.7 Å². The summed E-state index contributed by atoms with van der Waals surface area (Å²) in [7, 11) is -3.98. The number of halogens is 3. The third-order valence-electron chi connectivity index (χ3n) is 4.21. The van der Waals surface area contributed by atoms with Gasteiger partial charge in [-0.3, -0.25) is 4.72 Å².